The Bertz CT molecular complexity index is 1310. The van der Waals surface area contributed by atoms with Crippen molar-refractivity contribution in [1.82, 2.24) is 8.61 Å². The van der Waals surface area contributed by atoms with E-state index in [0.29, 0.717) is 52.4 Å². The van der Waals surface area contributed by atoms with Crippen molar-refractivity contribution >= 4 is 49.2 Å². The van der Waals surface area contributed by atoms with Gasteiger partial charge in [0.2, 0.25) is 0 Å². The largest absolute Gasteiger partial charge is 0.485 e. The Morgan fingerprint density at radius 3 is 2.14 bits per heavy atom. The molecule has 5 rings (SSSR count). The summed E-state index contributed by atoms with van der Waals surface area (Å²) in [6.45, 7) is 1.62. The highest BCUT2D eigenvalue weighted by atomic mass is 79.9. The molecule has 0 aromatic heterocycles. The van der Waals surface area contributed by atoms with Crippen LogP contribution >= 0.6 is 27.5 Å². The summed E-state index contributed by atoms with van der Waals surface area (Å²) in [6.07, 6.45) is -3.50. The van der Waals surface area contributed by atoms with Crippen LogP contribution in [0.4, 0.5) is 18.9 Å². The van der Waals surface area contributed by atoms with Crippen LogP contribution in [0.3, 0.4) is 0 Å². The van der Waals surface area contributed by atoms with Crippen LogP contribution in [0.25, 0.3) is 0 Å². The molecule has 2 fully saturated rings. The summed E-state index contributed by atoms with van der Waals surface area (Å²) < 4.78 is 74.9. The Hall–Kier alpha value is -1.86. The van der Waals surface area contributed by atoms with E-state index in [1.54, 1.807) is 12.1 Å². The molecular formula is C24H24BrClF3N3O4S. The number of alkyl halides is 3. The van der Waals surface area contributed by atoms with Crippen molar-refractivity contribution in [2.45, 2.75) is 31.0 Å². The number of anilines is 1. The number of rotatable bonds is 3. The Labute approximate surface area is 226 Å². The molecule has 3 heterocycles. The molecule has 3 aliphatic rings. The maximum atomic E-state index is 13.3. The lowest BCUT2D eigenvalue weighted by molar-refractivity contribution is -0.137. The van der Waals surface area contributed by atoms with Crippen molar-refractivity contribution in [1.29, 1.82) is 0 Å². The highest BCUT2D eigenvalue weighted by Crippen LogP contribution is 2.44. The summed E-state index contributed by atoms with van der Waals surface area (Å²) in [7, 11) is -3.74. The summed E-state index contributed by atoms with van der Waals surface area (Å²) in [4.78, 5) is 14.7. The number of carbonyl (C=O) groups excluding carboxylic acids is 1. The van der Waals surface area contributed by atoms with Gasteiger partial charge in [0.25, 0.3) is 10.2 Å². The lowest BCUT2D eigenvalue weighted by Crippen LogP contribution is -2.57. The molecule has 0 saturated carbocycles. The number of piperidine rings is 1. The van der Waals surface area contributed by atoms with Gasteiger partial charge < -0.3 is 9.64 Å². The Balaban J connectivity index is 1.21. The number of halogens is 5. The van der Waals surface area contributed by atoms with Crippen LogP contribution in [0.5, 0.6) is 5.75 Å². The molecule has 13 heteroatoms. The number of hydrogen-bond donors (Lipinski definition) is 0. The average molecular weight is 623 g/mol. The number of fused-ring (bicyclic) bond motifs is 1. The average Bonchev–Trinajstić information content (AvgIpc) is 2.85. The molecule has 2 aromatic carbocycles. The molecule has 200 valence electrons. The van der Waals surface area contributed by atoms with Crippen LogP contribution in [0.1, 0.15) is 35.2 Å². The zero-order valence-electron chi connectivity index (χ0n) is 19.6. The topological polar surface area (TPSA) is 70.2 Å². The van der Waals surface area contributed by atoms with Gasteiger partial charge in [-0.05, 0) is 52.3 Å². The minimum Gasteiger partial charge on any atom is -0.485 e. The molecule has 7 nitrogen and oxygen atoms in total. The van der Waals surface area contributed by atoms with E-state index in [-0.39, 0.29) is 38.4 Å². The van der Waals surface area contributed by atoms with Gasteiger partial charge in [-0.25, -0.2) is 0 Å². The molecule has 2 aromatic rings. The van der Waals surface area contributed by atoms with Crippen molar-refractivity contribution < 1.29 is 31.1 Å². The molecule has 0 radical (unpaired) electrons. The summed E-state index contributed by atoms with van der Waals surface area (Å²) in [5.74, 6) is 0.358. The molecule has 0 N–H and O–H groups in total. The van der Waals surface area contributed by atoms with Gasteiger partial charge in [-0.2, -0.15) is 30.2 Å². The van der Waals surface area contributed by atoms with Gasteiger partial charge in [-0.1, -0.05) is 11.6 Å². The van der Waals surface area contributed by atoms with E-state index >= 15 is 0 Å². The second-order valence-corrected chi connectivity index (χ2v) is 12.7. The van der Waals surface area contributed by atoms with E-state index in [0.717, 1.165) is 12.1 Å². The third-order valence-electron chi connectivity index (χ3n) is 7.19. The summed E-state index contributed by atoms with van der Waals surface area (Å²) in [5.41, 5.74) is -0.445. The van der Waals surface area contributed by atoms with E-state index < -0.39 is 27.6 Å². The second kappa shape index (κ2) is 9.71. The Morgan fingerprint density at radius 1 is 0.946 bits per heavy atom. The monoisotopic (exact) mass is 621 g/mol. The van der Waals surface area contributed by atoms with E-state index in [4.69, 9.17) is 16.3 Å². The predicted molar refractivity (Wildman–Crippen MR) is 136 cm³/mol. The van der Waals surface area contributed by atoms with Gasteiger partial charge in [0, 0.05) is 62.8 Å². The quantitative estimate of drug-likeness (QED) is 0.483. The van der Waals surface area contributed by atoms with Crippen molar-refractivity contribution in [3.8, 4) is 5.75 Å². The molecule has 0 aliphatic carbocycles. The van der Waals surface area contributed by atoms with Gasteiger partial charge in [0.05, 0.1) is 22.0 Å². The van der Waals surface area contributed by atoms with Crippen molar-refractivity contribution in [2.24, 2.45) is 0 Å². The Morgan fingerprint density at radius 2 is 1.54 bits per heavy atom. The predicted octanol–water partition coefficient (Wildman–Crippen LogP) is 4.99. The van der Waals surface area contributed by atoms with Gasteiger partial charge in [0.1, 0.15) is 11.4 Å². The zero-order chi connectivity index (χ0) is 26.6. The molecular weight excluding hydrogens is 599 g/mol. The van der Waals surface area contributed by atoms with E-state index in [2.05, 4.69) is 15.9 Å². The van der Waals surface area contributed by atoms with Crippen molar-refractivity contribution in [3.05, 3.63) is 57.0 Å². The zero-order valence-corrected chi connectivity index (χ0v) is 22.8. The summed E-state index contributed by atoms with van der Waals surface area (Å²) >= 11 is 9.49. The minimum atomic E-state index is -4.40. The fourth-order valence-electron chi connectivity index (χ4n) is 5.12. The first-order chi connectivity index (χ1) is 17.4. The van der Waals surface area contributed by atoms with Gasteiger partial charge in [-0.3, -0.25) is 4.79 Å². The lowest BCUT2D eigenvalue weighted by atomic mass is 9.83. The second-order valence-electron chi connectivity index (χ2n) is 9.49. The fraction of sp³-hybridized carbons (Fsp3) is 0.458. The summed E-state index contributed by atoms with van der Waals surface area (Å²) in [6, 6.07) is 8.13. The standard InChI is InChI=1S/C24H24BrClF3N3O4S/c25-20-14-17(26)13-19-21(33)15-23(36-22(19)20)5-7-31(8-6-23)37(34,35)32-11-9-30(10-12-32)18-3-1-16(2-4-18)24(27,28)29/h1-4,13-14H,5-12,15H2. The highest BCUT2D eigenvalue weighted by molar-refractivity contribution is 9.10. The number of ketones is 1. The normalized spacial score (nSPS) is 21.1. The van der Waals surface area contributed by atoms with Crippen LogP contribution in [0.15, 0.2) is 40.9 Å². The van der Waals surface area contributed by atoms with E-state index in [1.807, 2.05) is 4.90 Å². The molecule has 1 spiro atoms. The minimum absolute atomic E-state index is 0.0832. The molecule has 0 unspecified atom stereocenters. The van der Waals surface area contributed by atoms with Crippen molar-refractivity contribution in [3.63, 3.8) is 0 Å². The molecule has 3 aliphatic heterocycles. The molecule has 2 saturated heterocycles. The molecule has 37 heavy (non-hydrogen) atoms. The van der Waals surface area contributed by atoms with Crippen LogP contribution in [0, 0.1) is 0 Å². The third-order valence-corrected chi connectivity index (χ3v) is 10.0. The number of Topliss-reactive ketones (excluding diaryl/α,β-unsaturated/α-hetero) is 1. The number of piperazine rings is 1. The molecule has 0 bridgehead atoms. The number of hydrogen-bond acceptors (Lipinski definition) is 5. The Kier molecular flexibility index (Phi) is 7.02. The number of benzene rings is 2. The number of ether oxygens (including phenoxy) is 1. The van der Waals surface area contributed by atoms with Gasteiger partial charge in [0.15, 0.2) is 5.78 Å². The lowest BCUT2D eigenvalue weighted by Gasteiger charge is -2.45. The number of carbonyl (C=O) groups is 1. The number of nitrogens with zero attached hydrogens (tertiary/aromatic N) is 3. The van der Waals surface area contributed by atoms with Crippen LogP contribution in [0.2, 0.25) is 5.02 Å². The van der Waals surface area contributed by atoms with Gasteiger partial charge >= 0.3 is 6.18 Å². The van der Waals surface area contributed by atoms with E-state index in [9.17, 15) is 26.4 Å². The summed E-state index contributed by atoms with van der Waals surface area (Å²) in [5, 5.41) is 0.429. The first kappa shape index (κ1) is 26.7. The first-order valence-corrected chi connectivity index (χ1v) is 14.3. The maximum Gasteiger partial charge on any atom is 0.416 e. The van der Waals surface area contributed by atoms with Crippen LogP contribution < -0.4 is 9.64 Å². The third kappa shape index (κ3) is 5.23. The van der Waals surface area contributed by atoms with Crippen molar-refractivity contribution in [2.75, 3.05) is 44.2 Å². The SMILES string of the molecule is O=C1CC2(CCN(S(=O)(=O)N3CCN(c4ccc(C(F)(F)F)cc4)CC3)CC2)Oc2c(Br)cc(Cl)cc21. The van der Waals surface area contributed by atoms with E-state index in [1.165, 1.54) is 20.7 Å². The van der Waals surface area contributed by atoms with Gasteiger partial charge in [-0.15, -0.1) is 0 Å². The fourth-order valence-corrected chi connectivity index (χ4v) is 7.60. The van der Waals surface area contributed by atoms with Crippen LogP contribution in [-0.4, -0.2) is 67.7 Å². The maximum absolute atomic E-state index is 13.3. The highest BCUT2D eigenvalue weighted by Gasteiger charge is 2.46. The molecule has 0 atom stereocenters. The smallest absolute Gasteiger partial charge is 0.416 e. The first-order valence-electron chi connectivity index (χ1n) is 11.8. The molecule has 0 amide bonds. The van der Waals surface area contributed by atoms with Crippen LogP contribution in [-0.2, 0) is 16.4 Å².